The van der Waals surface area contributed by atoms with Gasteiger partial charge in [-0.3, -0.25) is 0 Å². The van der Waals surface area contributed by atoms with Gasteiger partial charge in [-0.05, 0) is 19.3 Å². The highest BCUT2D eigenvalue weighted by atomic mass is 35.5. The number of hydrogen-bond donors (Lipinski definition) is 0. The summed E-state index contributed by atoms with van der Waals surface area (Å²) in [6, 6.07) is 0. The van der Waals surface area contributed by atoms with Crippen LogP contribution in [0.25, 0.3) is 0 Å². The maximum atomic E-state index is 12.5. The van der Waals surface area contributed by atoms with Gasteiger partial charge in [0.2, 0.25) is 0 Å². The average Bonchev–Trinajstić information content (AvgIpc) is 1.85. The smallest absolute Gasteiger partial charge is 0.100 e. The van der Waals surface area contributed by atoms with Gasteiger partial charge in [0.1, 0.15) is 6.17 Å². The second kappa shape index (κ2) is 6.34. The summed E-state index contributed by atoms with van der Waals surface area (Å²) in [5.41, 5.74) is 0. The molecule has 2 heteroatoms. The first-order chi connectivity index (χ1) is 4.31. The van der Waals surface area contributed by atoms with E-state index in [1.807, 2.05) is 6.92 Å². The molecular weight excluding hydrogens is 139 g/mol. The minimum atomic E-state index is -0.617. The third kappa shape index (κ3) is 6.10. The van der Waals surface area contributed by atoms with Crippen LogP contribution in [0.2, 0.25) is 0 Å². The average molecular weight is 153 g/mol. The van der Waals surface area contributed by atoms with Gasteiger partial charge in [0.15, 0.2) is 0 Å². The van der Waals surface area contributed by atoms with E-state index in [0.29, 0.717) is 18.7 Å². The van der Waals surface area contributed by atoms with Crippen molar-refractivity contribution in [3.8, 4) is 0 Å². The third-order valence-electron chi connectivity index (χ3n) is 1.25. The lowest BCUT2D eigenvalue weighted by Gasteiger charge is -2.02. The number of alkyl halides is 2. The molecule has 0 bridgehead atoms. The summed E-state index contributed by atoms with van der Waals surface area (Å²) in [7, 11) is 0. The van der Waals surface area contributed by atoms with Crippen molar-refractivity contribution in [2.45, 2.75) is 38.8 Å². The van der Waals surface area contributed by atoms with Gasteiger partial charge in [-0.15, -0.1) is 11.6 Å². The van der Waals surface area contributed by atoms with Gasteiger partial charge < -0.3 is 0 Å². The van der Waals surface area contributed by atoms with Gasteiger partial charge >= 0.3 is 0 Å². The molecule has 0 N–H and O–H groups in total. The highest BCUT2D eigenvalue weighted by Crippen LogP contribution is 2.08. The zero-order valence-electron chi connectivity index (χ0n) is 5.87. The second-order valence-electron chi connectivity index (χ2n) is 2.22. The normalized spacial score (nSPS) is 13.7. The quantitative estimate of drug-likeness (QED) is 0.531. The fourth-order valence-electron chi connectivity index (χ4n) is 0.756. The molecule has 1 unspecified atom stereocenters. The molecular formula is C7H14ClF. The van der Waals surface area contributed by atoms with E-state index in [2.05, 4.69) is 0 Å². The summed E-state index contributed by atoms with van der Waals surface area (Å²) in [6.45, 7) is 1.99. The van der Waals surface area contributed by atoms with Crippen LogP contribution in [0.4, 0.5) is 4.39 Å². The Labute approximate surface area is 61.4 Å². The molecule has 0 aliphatic heterocycles. The van der Waals surface area contributed by atoms with Gasteiger partial charge in [-0.25, -0.2) is 4.39 Å². The molecule has 0 radical (unpaired) electrons. The van der Waals surface area contributed by atoms with Crippen molar-refractivity contribution in [2.75, 3.05) is 5.88 Å². The zero-order valence-corrected chi connectivity index (χ0v) is 6.62. The number of halogens is 2. The Hall–Kier alpha value is 0.220. The van der Waals surface area contributed by atoms with Crippen molar-refractivity contribution in [3.05, 3.63) is 0 Å². The van der Waals surface area contributed by atoms with Crippen LogP contribution >= 0.6 is 11.6 Å². The Morgan fingerprint density at radius 1 is 1.44 bits per heavy atom. The molecule has 0 fully saturated rings. The fraction of sp³-hybridized carbons (Fsp3) is 1.00. The summed E-state index contributed by atoms with van der Waals surface area (Å²) in [6.07, 6.45) is 2.45. The van der Waals surface area contributed by atoms with Crippen LogP contribution < -0.4 is 0 Å². The zero-order chi connectivity index (χ0) is 7.11. The minimum Gasteiger partial charge on any atom is -0.247 e. The first-order valence-electron chi connectivity index (χ1n) is 3.51. The predicted octanol–water partition coefficient (Wildman–Crippen LogP) is 3.14. The van der Waals surface area contributed by atoms with E-state index in [4.69, 9.17) is 11.6 Å². The molecule has 0 heterocycles. The molecule has 0 spiro atoms. The molecule has 1 atom stereocenters. The molecule has 0 aromatic heterocycles. The molecule has 0 aliphatic rings. The van der Waals surface area contributed by atoms with Crippen molar-refractivity contribution in [2.24, 2.45) is 0 Å². The molecule has 0 nitrogen and oxygen atoms in total. The number of rotatable bonds is 5. The van der Waals surface area contributed by atoms with E-state index in [-0.39, 0.29) is 0 Å². The molecule has 56 valence electrons. The lowest BCUT2D eigenvalue weighted by Crippen LogP contribution is -1.98. The lowest BCUT2D eigenvalue weighted by molar-refractivity contribution is 0.292. The summed E-state index contributed by atoms with van der Waals surface area (Å²) < 4.78 is 12.5. The Kier molecular flexibility index (Phi) is 6.50. The topological polar surface area (TPSA) is 0 Å². The van der Waals surface area contributed by atoms with Gasteiger partial charge in [-0.1, -0.05) is 13.3 Å². The van der Waals surface area contributed by atoms with Crippen molar-refractivity contribution < 1.29 is 4.39 Å². The van der Waals surface area contributed by atoms with Crippen LogP contribution in [0.15, 0.2) is 0 Å². The molecule has 0 amide bonds. The van der Waals surface area contributed by atoms with Crippen LogP contribution in [0.1, 0.15) is 32.6 Å². The SMILES string of the molecule is CCCC(F)CCCCl. The Balaban J connectivity index is 2.95. The highest BCUT2D eigenvalue weighted by molar-refractivity contribution is 6.17. The first kappa shape index (κ1) is 9.22. The molecule has 0 aromatic rings. The van der Waals surface area contributed by atoms with Crippen LogP contribution in [-0.2, 0) is 0 Å². The van der Waals surface area contributed by atoms with Crippen molar-refractivity contribution in [1.29, 1.82) is 0 Å². The van der Waals surface area contributed by atoms with E-state index >= 15 is 0 Å². The minimum absolute atomic E-state index is 0.587. The largest absolute Gasteiger partial charge is 0.247 e. The van der Waals surface area contributed by atoms with Gasteiger partial charge in [0, 0.05) is 5.88 Å². The molecule has 0 aromatic carbocycles. The summed E-state index contributed by atoms with van der Waals surface area (Å²) in [4.78, 5) is 0. The maximum Gasteiger partial charge on any atom is 0.100 e. The van der Waals surface area contributed by atoms with Gasteiger partial charge in [0.25, 0.3) is 0 Å². The van der Waals surface area contributed by atoms with E-state index in [9.17, 15) is 4.39 Å². The predicted molar refractivity (Wildman–Crippen MR) is 39.8 cm³/mol. The molecule has 0 aliphatic carbocycles. The van der Waals surface area contributed by atoms with E-state index < -0.39 is 6.17 Å². The summed E-state index contributed by atoms with van der Waals surface area (Å²) in [5.74, 6) is 0.587. The number of hydrogen-bond acceptors (Lipinski definition) is 0. The molecule has 0 saturated carbocycles. The van der Waals surface area contributed by atoms with E-state index in [1.54, 1.807) is 0 Å². The fourth-order valence-corrected chi connectivity index (χ4v) is 0.911. The van der Waals surface area contributed by atoms with Crippen LogP contribution in [0, 0.1) is 0 Å². The summed E-state index contributed by atoms with van der Waals surface area (Å²) >= 11 is 5.38. The van der Waals surface area contributed by atoms with E-state index in [1.165, 1.54) is 0 Å². The van der Waals surface area contributed by atoms with Crippen LogP contribution in [0.3, 0.4) is 0 Å². The standard InChI is InChI=1S/C7H14ClF/c1-2-4-7(9)5-3-6-8/h7H,2-6H2,1H3. The van der Waals surface area contributed by atoms with Crippen molar-refractivity contribution >= 4 is 11.6 Å². The highest BCUT2D eigenvalue weighted by Gasteiger charge is 2.02. The van der Waals surface area contributed by atoms with Crippen molar-refractivity contribution in [3.63, 3.8) is 0 Å². The lowest BCUT2D eigenvalue weighted by atomic mass is 10.1. The van der Waals surface area contributed by atoms with Gasteiger partial charge in [0.05, 0.1) is 0 Å². The molecule has 0 rings (SSSR count). The van der Waals surface area contributed by atoms with Crippen molar-refractivity contribution in [1.82, 2.24) is 0 Å². The Bertz CT molecular complexity index is 56.9. The van der Waals surface area contributed by atoms with Gasteiger partial charge in [-0.2, -0.15) is 0 Å². The van der Waals surface area contributed by atoms with Crippen LogP contribution in [0.5, 0.6) is 0 Å². The van der Waals surface area contributed by atoms with Crippen LogP contribution in [-0.4, -0.2) is 12.1 Å². The molecule has 0 saturated heterocycles. The third-order valence-corrected chi connectivity index (χ3v) is 1.52. The van der Waals surface area contributed by atoms with E-state index in [0.717, 1.165) is 12.8 Å². The maximum absolute atomic E-state index is 12.5. The second-order valence-corrected chi connectivity index (χ2v) is 2.60. The monoisotopic (exact) mass is 152 g/mol. The molecule has 9 heavy (non-hydrogen) atoms. The Morgan fingerprint density at radius 2 is 2.11 bits per heavy atom. The first-order valence-corrected chi connectivity index (χ1v) is 4.04. The Morgan fingerprint density at radius 3 is 2.56 bits per heavy atom. The summed E-state index contributed by atoms with van der Waals surface area (Å²) in [5, 5.41) is 0.